The lowest BCUT2D eigenvalue weighted by Crippen LogP contribution is -2.04. The van der Waals surface area contributed by atoms with E-state index in [0.29, 0.717) is 0 Å². The third-order valence-corrected chi connectivity index (χ3v) is 3.11. The number of hydrogen-bond donors (Lipinski definition) is 2. The maximum atomic E-state index is 4.67. The predicted octanol–water partition coefficient (Wildman–Crippen LogP) is 2.10. The van der Waals surface area contributed by atoms with E-state index in [-0.39, 0.29) is 0 Å². The number of H-pyrrole nitrogens is 1. The molecule has 0 bridgehead atoms. The number of nitrogens with zero attached hydrogens (tertiary/aromatic N) is 2. The predicted molar refractivity (Wildman–Crippen MR) is 69.2 cm³/mol. The lowest BCUT2D eigenvalue weighted by atomic mass is 10.1. The van der Waals surface area contributed by atoms with E-state index in [9.17, 15) is 0 Å². The Hall–Kier alpha value is -1.81. The van der Waals surface area contributed by atoms with Crippen molar-refractivity contribution < 1.29 is 0 Å². The molecule has 0 atom stereocenters. The molecule has 0 aliphatic carbocycles. The minimum Gasteiger partial charge on any atom is -0.326 e. The Bertz CT molecular complexity index is 662. The van der Waals surface area contributed by atoms with Gasteiger partial charge in [-0.05, 0) is 25.1 Å². The minimum atomic E-state index is 0.832. The molecular weight excluding hydrogens is 212 g/mol. The first-order valence-electron chi connectivity index (χ1n) is 5.95. The molecule has 4 nitrogen and oxygen atoms in total. The highest BCUT2D eigenvalue weighted by molar-refractivity contribution is 5.82. The van der Waals surface area contributed by atoms with E-state index in [2.05, 4.69) is 51.0 Å². The van der Waals surface area contributed by atoms with Gasteiger partial charge in [0.15, 0.2) is 0 Å². The largest absolute Gasteiger partial charge is 0.326 e. The van der Waals surface area contributed by atoms with Crippen molar-refractivity contribution in [2.45, 2.75) is 19.9 Å². The van der Waals surface area contributed by atoms with Crippen LogP contribution >= 0.6 is 0 Å². The summed E-state index contributed by atoms with van der Waals surface area (Å²) in [6.45, 7) is 2.99. The van der Waals surface area contributed by atoms with Crippen LogP contribution in [-0.2, 0) is 13.0 Å². The van der Waals surface area contributed by atoms with Crippen LogP contribution in [-0.4, -0.2) is 21.4 Å². The third-order valence-electron chi connectivity index (χ3n) is 3.11. The van der Waals surface area contributed by atoms with E-state index in [1.807, 2.05) is 7.05 Å². The van der Waals surface area contributed by atoms with E-state index in [1.165, 1.54) is 11.1 Å². The summed E-state index contributed by atoms with van der Waals surface area (Å²) >= 11 is 0. The molecule has 1 aromatic carbocycles. The molecule has 17 heavy (non-hydrogen) atoms. The maximum Gasteiger partial charge on any atom is 0.212 e. The van der Waals surface area contributed by atoms with Crippen LogP contribution in [0.1, 0.15) is 18.2 Å². The first kappa shape index (κ1) is 10.4. The van der Waals surface area contributed by atoms with Crippen LogP contribution in [0.4, 0.5) is 0 Å². The number of benzene rings is 1. The smallest absolute Gasteiger partial charge is 0.212 e. The van der Waals surface area contributed by atoms with Crippen LogP contribution in [0.15, 0.2) is 24.4 Å². The Morgan fingerprint density at radius 2 is 2.29 bits per heavy atom. The Morgan fingerprint density at radius 3 is 3.06 bits per heavy atom. The van der Waals surface area contributed by atoms with Gasteiger partial charge in [0.25, 0.3) is 0 Å². The molecule has 3 aromatic rings. The fourth-order valence-corrected chi connectivity index (χ4v) is 2.29. The molecule has 0 aliphatic heterocycles. The van der Waals surface area contributed by atoms with E-state index in [1.54, 1.807) is 0 Å². The molecule has 2 N–H and O–H groups in total. The van der Waals surface area contributed by atoms with Gasteiger partial charge < -0.3 is 10.3 Å². The lowest BCUT2D eigenvalue weighted by molar-refractivity contribution is 0.797. The first-order valence-corrected chi connectivity index (χ1v) is 5.95. The molecule has 2 heterocycles. The number of aromatic amines is 1. The van der Waals surface area contributed by atoms with E-state index in [0.717, 1.165) is 30.0 Å². The average molecular weight is 228 g/mol. The molecule has 4 heteroatoms. The highest BCUT2D eigenvalue weighted by Crippen LogP contribution is 2.20. The van der Waals surface area contributed by atoms with Crippen LogP contribution in [0.3, 0.4) is 0 Å². The van der Waals surface area contributed by atoms with Gasteiger partial charge in [0.2, 0.25) is 5.78 Å². The number of aromatic nitrogens is 3. The summed E-state index contributed by atoms with van der Waals surface area (Å²) in [6.07, 6.45) is 3.13. The molecule has 0 amide bonds. The van der Waals surface area contributed by atoms with Crippen molar-refractivity contribution in [3.05, 3.63) is 35.7 Å². The summed E-state index contributed by atoms with van der Waals surface area (Å²) in [4.78, 5) is 8.00. The Balaban J connectivity index is 2.26. The minimum absolute atomic E-state index is 0.832. The molecular formula is C13H16N4. The number of fused-ring (bicyclic) bond motifs is 3. The summed E-state index contributed by atoms with van der Waals surface area (Å²) in [7, 11) is 1.94. The van der Waals surface area contributed by atoms with Crippen LogP contribution in [0.2, 0.25) is 0 Å². The summed E-state index contributed by atoms with van der Waals surface area (Å²) in [5, 5.41) is 3.13. The van der Waals surface area contributed by atoms with Crippen molar-refractivity contribution in [3.63, 3.8) is 0 Å². The van der Waals surface area contributed by atoms with E-state index in [4.69, 9.17) is 0 Å². The van der Waals surface area contributed by atoms with Crippen LogP contribution in [0.25, 0.3) is 16.8 Å². The van der Waals surface area contributed by atoms with Crippen molar-refractivity contribution in [1.82, 2.24) is 19.7 Å². The molecule has 0 spiro atoms. The van der Waals surface area contributed by atoms with Crippen molar-refractivity contribution in [1.29, 1.82) is 0 Å². The van der Waals surface area contributed by atoms with Gasteiger partial charge in [-0.1, -0.05) is 19.1 Å². The van der Waals surface area contributed by atoms with Gasteiger partial charge in [-0.15, -0.1) is 0 Å². The molecule has 88 valence electrons. The van der Waals surface area contributed by atoms with Gasteiger partial charge in [-0.2, -0.15) is 0 Å². The van der Waals surface area contributed by atoms with Crippen molar-refractivity contribution >= 4 is 16.8 Å². The Kier molecular flexibility index (Phi) is 2.37. The fourth-order valence-electron chi connectivity index (χ4n) is 2.29. The topological polar surface area (TPSA) is 45.1 Å². The number of imidazole rings is 2. The van der Waals surface area contributed by atoms with Gasteiger partial charge in [-0.25, -0.2) is 4.98 Å². The van der Waals surface area contributed by atoms with Crippen LogP contribution in [0, 0.1) is 0 Å². The van der Waals surface area contributed by atoms with E-state index < -0.39 is 0 Å². The molecule has 2 aromatic heterocycles. The second kappa shape index (κ2) is 3.89. The summed E-state index contributed by atoms with van der Waals surface area (Å²) in [5.74, 6) is 0.922. The second-order valence-electron chi connectivity index (χ2n) is 4.25. The van der Waals surface area contributed by atoms with Crippen molar-refractivity contribution in [3.8, 4) is 0 Å². The average Bonchev–Trinajstić information content (AvgIpc) is 2.86. The molecule has 0 aliphatic rings. The first-order chi connectivity index (χ1) is 8.33. The SMILES string of the molecule is CCc1cccc2c1nc1[nH]c(CNC)cn12. The zero-order valence-corrected chi connectivity index (χ0v) is 10.1. The lowest BCUT2D eigenvalue weighted by Gasteiger charge is -1.97. The zero-order valence-electron chi connectivity index (χ0n) is 10.1. The molecule has 0 fully saturated rings. The monoisotopic (exact) mass is 228 g/mol. The number of nitrogens with one attached hydrogen (secondary N) is 2. The van der Waals surface area contributed by atoms with Crippen LogP contribution < -0.4 is 5.32 Å². The summed E-state index contributed by atoms with van der Waals surface area (Å²) in [5.41, 5.74) is 4.74. The Morgan fingerprint density at radius 1 is 1.41 bits per heavy atom. The van der Waals surface area contributed by atoms with Crippen molar-refractivity contribution in [2.24, 2.45) is 0 Å². The summed E-state index contributed by atoms with van der Waals surface area (Å²) < 4.78 is 2.13. The quantitative estimate of drug-likeness (QED) is 0.721. The van der Waals surface area contributed by atoms with Crippen molar-refractivity contribution in [2.75, 3.05) is 7.05 Å². The fraction of sp³-hybridized carbons (Fsp3) is 0.308. The molecule has 0 radical (unpaired) electrons. The number of rotatable bonds is 3. The standard InChI is InChI=1S/C13H16N4/c1-3-9-5-4-6-11-12(9)16-13-15-10(7-14-2)8-17(11)13/h4-6,8,14H,3,7H2,1-2H3,(H,15,16). The van der Waals surface area contributed by atoms with Gasteiger partial charge >= 0.3 is 0 Å². The van der Waals surface area contributed by atoms with Gasteiger partial charge in [0.1, 0.15) is 0 Å². The molecule has 0 saturated heterocycles. The van der Waals surface area contributed by atoms with Crippen LogP contribution in [0.5, 0.6) is 0 Å². The Labute approximate surface area is 99.7 Å². The zero-order chi connectivity index (χ0) is 11.8. The molecule has 0 unspecified atom stereocenters. The normalized spacial score (nSPS) is 11.6. The highest BCUT2D eigenvalue weighted by atomic mass is 15.1. The number of aryl methyl sites for hydroxylation is 1. The van der Waals surface area contributed by atoms with Gasteiger partial charge in [-0.3, -0.25) is 4.40 Å². The highest BCUT2D eigenvalue weighted by Gasteiger charge is 2.09. The number of hydrogen-bond acceptors (Lipinski definition) is 2. The van der Waals surface area contributed by atoms with Gasteiger partial charge in [0.05, 0.1) is 11.0 Å². The second-order valence-corrected chi connectivity index (χ2v) is 4.25. The summed E-state index contributed by atoms with van der Waals surface area (Å²) in [6, 6.07) is 6.36. The van der Waals surface area contributed by atoms with E-state index >= 15 is 0 Å². The van der Waals surface area contributed by atoms with Gasteiger partial charge in [0, 0.05) is 18.4 Å². The maximum absolute atomic E-state index is 4.67. The number of para-hydroxylation sites is 1. The molecule has 3 rings (SSSR count). The molecule has 0 saturated carbocycles. The third kappa shape index (κ3) is 1.52.